The maximum atomic E-state index is 13.3. The fraction of sp³-hybridized carbons (Fsp3) is 0.593. The molecule has 3 atom stereocenters. The molecule has 1 aromatic carbocycles. The van der Waals surface area contributed by atoms with Crippen molar-refractivity contribution in [1.29, 1.82) is 0 Å². The van der Waals surface area contributed by atoms with E-state index in [4.69, 9.17) is 0 Å². The van der Waals surface area contributed by atoms with Gasteiger partial charge in [0.2, 0.25) is 24.0 Å². The summed E-state index contributed by atoms with van der Waals surface area (Å²) in [5.74, 6) is -1.96. The van der Waals surface area contributed by atoms with E-state index in [0.717, 1.165) is 12.0 Å². The van der Waals surface area contributed by atoms with Gasteiger partial charge in [0, 0.05) is 6.54 Å². The molecule has 0 fully saturated rings. The molecule has 1 rings (SSSR count). The van der Waals surface area contributed by atoms with E-state index in [2.05, 4.69) is 21.3 Å². The quantitative estimate of drug-likeness (QED) is 0.203. The topological polar surface area (TPSA) is 133 Å². The van der Waals surface area contributed by atoms with Gasteiger partial charge in [-0.3, -0.25) is 24.0 Å². The van der Waals surface area contributed by atoms with Crippen LogP contribution >= 0.6 is 0 Å². The number of hydrogen-bond acceptors (Lipinski definition) is 5. The van der Waals surface area contributed by atoms with E-state index < -0.39 is 35.8 Å². The van der Waals surface area contributed by atoms with E-state index in [1.807, 2.05) is 65.0 Å². The van der Waals surface area contributed by atoms with E-state index in [0.29, 0.717) is 32.2 Å². The van der Waals surface area contributed by atoms with Crippen molar-refractivity contribution in [3.63, 3.8) is 0 Å². The number of unbranched alkanes of at least 4 members (excludes halogenated alkanes) is 1. The first kappa shape index (κ1) is 30.8. The highest BCUT2D eigenvalue weighted by molar-refractivity contribution is 6.24. The van der Waals surface area contributed by atoms with Crippen LogP contribution in [0.2, 0.25) is 0 Å². The first-order chi connectivity index (χ1) is 17.1. The van der Waals surface area contributed by atoms with Crippen LogP contribution in [0.15, 0.2) is 30.3 Å². The van der Waals surface area contributed by atoms with Crippen molar-refractivity contribution in [1.82, 2.24) is 21.3 Å². The zero-order valence-corrected chi connectivity index (χ0v) is 22.1. The number of aldehydes is 1. The molecule has 0 aliphatic rings. The summed E-state index contributed by atoms with van der Waals surface area (Å²) in [6, 6.07) is 6.90. The molecule has 0 saturated carbocycles. The Bertz CT molecular complexity index is 857. The van der Waals surface area contributed by atoms with Crippen LogP contribution in [0.5, 0.6) is 0 Å². The zero-order valence-electron chi connectivity index (χ0n) is 22.1. The molecule has 0 aromatic heterocycles. The molecule has 0 aliphatic carbocycles. The van der Waals surface area contributed by atoms with E-state index >= 15 is 0 Å². The summed E-state index contributed by atoms with van der Waals surface area (Å²) < 4.78 is 0. The third-order valence-corrected chi connectivity index (χ3v) is 5.58. The van der Waals surface area contributed by atoms with E-state index in [9.17, 15) is 24.0 Å². The van der Waals surface area contributed by atoms with Crippen LogP contribution in [0.3, 0.4) is 0 Å². The van der Waals surface area contributed by atoms with Gasteiger partial charge in [-0.05, 0) is 36.7 Å². The largest absolute Gasteiger partial charge is 0.350 e. The number of carbonyl (C=O) groups excluding carboxylic acids is 5. The highest BCUT2D eigenvalue weighted by Crippen LogP contribution is 2.10. The summed E-state index contributed by atoms with van der Waals surface area (Å²) >= 11 is 0. The number of nitrogens with one attached hydrogen (secondary N) is 4. The highest BCUT2D eigenvalue weighted by atomic mass is 16.2. The van der Waals surface area contributed by atoms with Crippen molar-refractivity contribution < 1.29 is 24.0 Å². The molecule has 0 unspecified atom stereocenters. The number of hydrogen-bond donors (Lipinski definition) is 4. The lowest BCUT2D eigenvalue weighted by Crippen LogP contribution is -2.57. The smallest absolute Gasteiger partial charge is 0.284 e. The number of benzene rings is 1. The fourth-order valence-corrected chi connectivity index (χ4v) is 3.74. The van der Waals surface area contributed by atoms with Crippen molar-refractivity contribution in [2.75, 3.05) is 0 Å². The molecule has 0 bridgehead atoms. The lowest BCUT2D eigenvalue weighted by molar-refractivity contribution is -0.136. The van der Waals surface area contributed by atoms with Crippen LogP contribution in [0.4, 0.5) is 0 Å². The highest BCUT2D eigenvalue weighted by Gasteiger charge is 2.30. The first-order valence-electron chi connectivity index (χ1n) is 12.7. The summed E-state index contributed by atoms with van der Waals surface area (Å²) in [5, 5.41) is 10.8. The summed E-state index contributed by atoms with van der Waals surface area (Å²) in [6.07, 6.45) is 2.70. The number of amides is 4. The van der Waals surface area contributed by atoms with E-state index in [-0.39, 0.29) is 24.0 Å². The second-order valence-electron chi connectivity index (χ2n) is 9.91. The molecule has 4 amide bonds. The molecule has 0 heterocycles. The molecule has 0 spiro atoms. The predicted molar refractivity (Wildman–Crippen MR) is 139 cm³/mol. The lowest BCUT2D eigenvalue weighted by Gasteiger charge is -2.26. The molecule has 4 N–H and O–H groups in total. The third-order valence-electron chi connectivity index (χ3n) is 5.58. The summed E-state index contributed by atoms with van der Waals surface area (Å²) in [4.78, 5) is 61.5. The van der Waals surface area contributed by atoms with Crippen LogP contribution < -0.4 is 21.3 Å². The van der Waals surface area contributed by atoms with Crippen molar-refractivity contribution in [2.45, 2.75) is 91.4 Å². The lowest BCUT2D eigenvalue weighted by atomic mass is 9.99. The zero-order chi connectivity index (χ0) is 27.1. The first-order valence-corrected chi connectivity index (χ1v) is 12.7. The van der Waals surface area contributed by atoms with Gasteiger partial charge in [-0.1, -0.05) is 77.8 Å². The SMILES string of the molecule is CCCC[C@H](NC(=O)C=O)C(=O)N[C@@H](CC(C)C)C(=O)N[C@@H](CC(C)C)C(=O)NCc1ccccc1. The number of rotatable bonds is 16. The minimum Gasteiger partial charge on any atom is -0.350 e. The molecule has 9 heteroatoms. The van der Waals surface area contributed by atoms with E-state index in [1.165, 1.54) is 0 Å². The van der Waals surface area contributed by atoms with Crippen LogP contribution in [-0.2, 0) is 30.5 Å². The van der Waals surface area contributed by atoms with Gasteiger partial charge < -0.3 is 21.3 Å². The molecule has 1 aromatic rings. The van der Waals surface area contributed by atoms with Crippen LogP contribution in [0.25, 0.3) is 0 Å². The maximum absolute atomic E-state index is 13.3. The fourth-order valence-electron chi connectivity index (χ4n) is 3.74. The Kier molecular flexibility index (Phi) is 14.1. The molecule has 36 heavy (non-hydrogen) atoms. The summed E-state index contributed by atoms with van der Waals surface area (Å²) in [7, 11) is 0. The Morgan fingerprint density at radius 1 is 0.778 bits per heavy atom. The monoisotopic (exact) mass is 502 g/mol. The Morgan fingerprint density at radius 2 is 1.31 bits per heavy atom. The van der Waals surface area contributed by atoms with Gasteiger partial charge in [0.1, 0.15) is 18.1 Å². The van der Waals surface area contributed by atoms with Crippen LogP contribution in [-0.4, -0.2) is 48.0 Å². The summed E-state index contributed by atoms with van der Waals surface area (Å²) in [6.45, 7) is 10.1. The Labute approximate surface area is 214 Å². The second kappa shape index (κ2) is 16.4. The standard InChI is InChI=1S/C27H42N4O5/c1-6-7-13-21(29-24(33)17-32)26(35)31-23(15-19(4)5)27(36)30-22(14-18(2)3)25(34)28-16-20-11-9-8-10-12-20/h8-12,17-19,21-23H,6-7,13-16H2,1-5H3,(H,28,34)(H,29,33)(H,30,36)(H,31,35)/t21-,22-,23-/m0/s1. The molecule has 0 radical (unpaired) electrons. The van der Waals surface area contributed by atoms with Gasteiger partial charge in [0.15, 0.2) is 0 Å². The average Bonchev–Trinajstić information content (AvgIpc) is 2.83. The van der Waals surface area contributed by atoms with Crippen LogP contribution in [0.1, 0.15) is 72.3 Å². The molecule has 9 nitrogen and oxygen atoms in total. The van der Waals surface area contributed by atoms with Crippen molar-refractivity contribution >= 4 is 29.9 Å². The Hall–Kier alpha value is -3.23. The van der Waals surface area contributed by atoms with Gasteiger partial charge >= 0.3 is 0 Å². The van der Waals surface area contributed by atoms with Crippen molar-refractivity contribution in [3.8, 4) is 0 Å². The second-order valence-corrected chi connectivity index (χ2v) is 9.91. The summed E-state index contributed by atoms with van der Waals surface area (Å²) in [5.41, 5.74) is 0.945. The average molecular weight is 503 g/mol. The van der Waals surface area contributed by atoms with Gasteiger partial charge in [-0.2, -0.15) is 0 Å². The van der Waals surface area contributed by atoms with Crippen LogP contribution in [0, 0.1) is 11.8 Å². The Balaban J connectivity index is 2.95. The van der Waals surface area contributed by atoms with Gasteiger partial charge in [0.05, 0.1) is 0 Å². The van der Waals surface area contributed by atoms with Gasteiger partial charge in [-0.25, -0.2) is 0 Å². The minimum absolute atomic E-state index is 0.0789. The Morgan fingerprint density at radius 3 is 1.81 bits per heavy atom. The normalized spacial score (nSPS) is 13.4. The predicted octanol–water partition coefficient (Wildman–Crippen LogP) is 2.24. The van der Waals surface area contributed by atoms with E-state index in [1.54, 1.807) is 0 Å². The maximum Gasteiger partial charge on any atom is 0.284 e. The third kappa shape index (κ3) is 12.0. The molecular formula is C27H42N4O5. The molecular weight excluding hydrogens is 460 g/mol. The van der Waals surface area contributed by atoms with Gasteiger partial charge in [-0.15, -0.1) is 0 Å². The molecule has 0 saturated heterocycles. The number of carbonyl (C=O) groups is 5. The molecule has 0 aliphatic heterocycles. The van der Waals surface area contributed by atoms with Crippen molar-refractivity contribution in [2.24, 2.45) is 11.8 Å². The molecule has 200 valence electrons. The minimum atomic E-state index is -0.925. The van der Waals surface area contributed by atoms with Crippen molar-refractivity contribution in [3.05, 3.63) is 35.9 Å². The van der Waals surface area contributed by atoms with Gasteiger partial charge in [0.25, 0.3) is 5.91 Å².